The zero-order chi connectivity index (χ0) is 15.5. The summed E-state index contributed by atoms with van der Waals surface area (Å²) in [5.74, 6) is 0.759. The molecular formula is C16H27NO4. The number of benzene rings is 1. The molecule has 1 N–H and O–H groups in total. The van der Waals surface area contributed by atoms with E-state index in [2.05, 4.69) is 4.90 Å². The normalized spacial score (nSPS) is 12.6. The molecule has 120 valence electrons. The van der Waals surface area contributed by atoms with Crippen LogP contribution in [0.3, 0.4) is 0 Å². The second-order valence-corrected chi connectivity index (χ2v) is 4.93. The van der Waals surface area contributed by atoms with Crippen LogP contribution in [0, 0.1) is 0 Å². The van der Waals surface area contributed by atoms with Crippen LogP contribution in [0.15, 0.2) is 24.3 Å². The molecule has 0 saturated carbocycles. The predicted octanol–water partition coefficient (Wildman–Crippen LogP) is 1.71. The Morgan fingerprint density at radius 3 is 2.52 bits per heavy atom. The maximum absolute atomic E-state index is 10.4. The zero-order valence-electron chi connectivity index (χ0n) is 13.2. The molecule has 1 rings (SSSR count). The van der Waals surface area contributed by atoms with Gasteiger partial charge in [-0.2, -0.15) is 0 Å². The summed E-state index contributed by atoms with van der Waals surface area (Å²) in [6.07, 6.45) is 0.393. The highest BCUT2D eigenvalue weighted by atomic mass is 16.5. The summed E-state index contributed by atoms with van der Waals surface area (Å²) in [5.41, 5.74) is 0.864. The first-order valence-electron chi connectivity index (χ1n) is 7.23. The minimum Gasteiger partial charge on any atom is -0.497 e. The first-order valence-corrected chi connectivity index (χ1v) is 7.23. The fraction of sp³-hybridized carbons (Fsp3) is 0.625. The van der Waals surface area contributed by atoms with Gasteiger partial charge in [-0.05, 0) is 24.1 Å². The summed E-state index contributed by atoms with van der Waals surface area (Å²) < 4.78 is 15.4. The van der Waals surface area contributed by atoms with Gasteiger partial charge in [0.05, 0.1) is 19.8 Å². The fourth-order valence-electron chi connectivity index (χ4n) is 2.15. The molecule has 0 spiro atoms. The Morgan fingerprint density at radius 2 is 1.86 bits per heavy atom. The Morgan fingerprint density at radius 1 is 1.10 bits per heavy atom. The van der Waals surface area contributed by atoms with Gasteiger partial charge in [0, 0.05) is 40.5 Å². The lowest BCUT2D eigenvalue weighted by Crippen LogP contribution is -2.33. The van der Waals surface area contributed by atoms with E-state index in [1.165, 1.54) is 0 Å². The van der Waals surface area contributed by atoms with Crippen molar-refractivity contribution < 1.29 is 19.3 Å². The maximum Gasteiger partial charge on any atom is 0.119 e. The van der Waals surface area contributed by atoms with Crippen molar-refractivity contribution in [3.8, 4) is 5.75 Å². The molecule has 5 heteroatoms. The summed E-state index contributed by atoms with van der Waals surface area (Å²) >= 11 is 0. The minimum atomic E-state index is -0.542. The smallest absolute Gasteiger partial charge is 0.119 e. The SMILES string of the molecule is COCCCN(CCOC)CC(O)c1cccc(OC)c1. The molecule has 1 atom stereocenters. The average Bonchev–Trinajstić information content (AvgIpc) is 2.52. The molecule has 0 heterocycles. The number of aliphatic hydroxyl groups is 1. The van der Waals surface area contributed by atoms with Crippen LogP contribution < -0.4 is 4.74 Å². The molecule has 0 fully saturated rings. The van der Waals surface area contributed by atoms with E-state index in [0.29, 0.717) is 13.2 Å². The van der Waals surface area contributed by atoms with Crippen LogP contribution in [0.4, 0.5) is 0 Å². The second kappa shape index (κ2) is 10.6. The number of rotatable bonds is 11. The first-order chi connectivity index (χ1) is 10.2. The summed E-state index contributed by atoms with van der Waals surface area (Å²) in [7, 11) is 5.01. The average molecular weight is 297 g/mol. The molecule has 0 saturated heterocycles. The Hall–Kier alpha value is -1.14. The lowest BCUT2D eigenvalue weighted by atomic mass is 10.1. The molecule has 0 aliphatic carbocycles. The van der Waals surface area contributed by atoms with E-state index in [4.69, 9.17) is 14.2 Å². The number of ether oxygens (including phenoxy) is 3. The van der Waals surface area contributed by atoms with Crippen molar-refractivity contribution in [1.29, 1.82) is 0 Å². The largest absolute Gasteiger partial charge is 0.497 e. The third-order valence-electron chi connectivity index (χ3n) is 3.34. The lowest BCUT2D eigenvalue weighted by molar-refractivity contribution is 0.0817. The number of hydrogen-bond donors (Lipinski definition) is 1. The van der Waals surface area contributed by atoms with Crippen LogP contribution in [-0.4, -0.2) is 64.2 Å². The van der Waals surface area contributed by atoms with E-state index in [-0.39, 0.29) is 0 Å². The van der Waals surface area contributed by atoms with Gasteiger partial charge in [-0.15, -0.1) is 0 Å². The van der Waals surface area contributed by atoms with Gasteiger partial charge in [0.2, 0.25) is 0 Å². The van der Waals surface area contributed by atoms with Gasteiger partial charge in [0.15, 0.2) is 0 Å². The highest BCUT2D eigenvalue weighted by Crippen LogP contribution is 2.20. The van der Waals surface area contributed by atoms with Crippen LogP contribution >= 0.6 is 0 Å². The topological polar surface area (TPSA) is 51.2 Å². The monoisotopic (exact) mass is 297 g/mol. The van der Waals surface area contributed by atoms with Crippen molar-refractivity contribution in [2.45, 2.75) is 12.5 Å². The molecule has 1 unspecified atom stereocenters. The molecule has 0 aliphatic heterocycles. The molecule has 0 bridgehead atoms. The van der Waals surface area contributed by atoms with Crippen molar-refractivity contribution in [2.75, 3.05) is 54.2 Å². The number of nitrogens with zero attached hydrogens (tertiary/aromatic N) is 1. The van der Waals surface area contributed by atoms with Gasteiger partial charge >= 0.3 is 0 Å². The fourth-order valence-corrected chi connectivity index (χ4v) is 2.15. The van der Waals surface area contributed by atoms with Gasteiger partial charge in [-0.1, -0.05) is 12.1 Å². The molecule has 0 aliphatic rings. The summed E-state index contributed by atoms with van der Waals surface area (Å²) in [5, 5.41) is 10.4. The second-order valence-electron chi connectivity index (χ2n) is 4.93. The molecule has 1 aromatic rings. The zero-order valence-corrected chi connectivity index (χ0v) is 13.2. The minimum absolute atomic E-state index is 0.542. The van der Waals surface area contributed by atoms with Crippen LogP contribution in [0.2, 0.25) is 0 Å². The van der Waals surface area contributed by atoms with Crippen molar-refractivity contribution in [1.82, 2.24) is 4.90 Å². The first kappa shape index (κ1) is 17.9. The van der Waals surface area contributed by atoms with Gasteiger partial charge < -0.3 is 19.3 Å². The van der Waals surface area contributed by atoms with E-state index in [0.717, 1.165) is 37.4 Å². The number of methoxy groups -OCH3 is 3. The molecule has 0 amide bonds. The maximum atomic E-state index is 10.4. The van der Waals surface area contributed by atoms with E-state index >= 15 is 0 Å². The van der Waals surface area contributed by atoms with Crippen molar-refractivity contribution in [3.05, 3.63) is 29.8 Å². The third kappa shape index (κ3) is 6.91. The van der Waals surface area contributed by atoms with Crippen LogP contribution in [0.25, 0.3) is 0 Å². The van der Waals surface area contributed by atoms with E-state index < -0.39 is 6.10 Å². The lowest BCUT2D eigenvalue weighted by Gasteiger charge is -2.25. The van der Waals surface area contributed by atoms with E-state index in [9.17, 15) is 5.11 Å². The molecule has 1 aromatic carbocycles. The molecule has 0 radical (unpaired) electrons. The molecule has 5 nitrogen and oxygen atoms in total. The summed E-state index contributed by atoms with van der Waals surface area (Å²) in [4.78, 5) is 2.19. The number of hydrogen-bond acceptors (Lipinski definition) is 5. The third-order valence-corrected chi connectivity index (χ3v) is 3.34. The Bertz CT molecular complexity index is 386. The van der Waals surface area contributed by atoms with Gasteiger partial charge in [0.1, 0.15) is 5.75 Å². The number of aliphatic hydroxyl groups excluding tert-OH is 1. The molecule has 21 heavy (non-hydrogen) atoms. The van der Waals surface area contributed by atoms with Gasteiger partial charge in [-0.25, -0.2) is 0 Å². The highest BCUT2D eigenvalue weighted by Gasteiger charge is 2.14. The molecule has 0 aromatic heterocycles. The van der Waals surface area contributed by atoms with E-state index in [1.807, 2.05) is 24.3 Å². The van der Waals surface area contributed by atoms with Crippen molar-refractivity contribution in [2.24, 2.45) is 0 Å². The Kier molecular flexibility index (Phi) is 9.01. The Balaban J connectivity index is 2.57. The van der Waals surface area contributed by atoms with Crippen molar-refractivity contribution in [3.63, 3.8) is 0 Å². The highest BCUT2D eigenvalue weighted by molar-refractivity contribution is 5.29. The van der Waals surface area contributed by atoms with E-state index in [1.54, 1.807) is 21.3 Å². The van der Waals surface area contributed by atoms with Crippen LogP contribution in [-0.2, 0) is 9.47 Å². The van der Waals surface area contributed by atoms with Crippen LogP contribution in [0.1, 0.15) is 18.1 Å². The van der Waals surface area contributed by atoms with Gasteiger partial charge in [0.25, 0.3) is 0 Å². The summed E-state index contributed by atoms with van der Waals surface area (Å²) in [6.45, 7) is 3.61. The van der Waals surface area contributed by atoms with Crippen LogP contribution in [0.5, 0.6) is 5.75 Å². The Labute approximate surface area is 127 Å². The van der Waals surface area contributed by atoms with Gasteiger partial charge in [-0.3, -0.25) is 4.90 Å². The quantitative estimate of drug-likeness (QED) is 0.630. The summed E-state index contributed by atoms with van der Waals surface area (Å²) in [6, 6.07) is 7.55. The molecular weight excluding hydrogens is 270 g/mol. The van der Waals surface area contributed by atoms with Crippen molar-refractivity contribution >= 4 is 0 Å². The standard InChI is InChI=1S/C16H27NO4/c1-19-10-5-8-17(9-11-20-2)13-16(18)14-6-4-7-15(12-14)21-3/h4,6-7,12,16,18H,5,8-11,13H2,1-3H3. The predicted molar refractivity (Wildman–Crippen MR) is 82.8 cm³/mol.